The number of para-hydroxylation sites is 1. The molecule has 1 aliphatic rings. The minimum Gasteiger partial charge on any atom is -0.417 e. The summed E-state index contributed by atoms with van der Waals surface area (Å²) < 4.78 is 32.7. The molecule has 0 unspecified atom stereocenters. The van der Waals surface area contributed by atoms with Crippen LogP contribution >= 0.6 is 0 Å². The Morgan fingerprint density at radius 1 is 1.15 bits per heavy atom. The molecular formula is C19H19F2N3O3. The zero-order valence-electron chi connectivity index (χ0n) is 15.0. The number of carbonyl (C=O) groups excluding carboxylic acids is 2. The molecule has 1 aromatic carbocycles. The molecule has 1 aliphatic heterocycles. The molecule has 0 atom stereocenters. The third kappa shape index (κ3) is 4.00. The first-order valence-electron chi connectivity index (χ1n) is 8.65. The second kappa shape index (κ2) is 7.87. The van der Waals surface area contributed by atoms with Crippen LogP contribution in [0.1, 0.15) is 58.0 Å². The van der Waals surface area contributed by atoms with Crippen molar-refractivity contribution in [2.24, 2.45) is 0 Å². The molecule has 3 rings (SSSR count). The van der Waals surface area contributed by atoms with E-state index in [1.807, 2.05) is 0 Å². The molecule has 2 aromatic rings. The number of halogens is 2. The van der Waals surface area contributed by atoms with E-state index in [9.17, 15) is 18.4 Å². The molecule has 27 heavy (non-hydrogen) atoms. The fourth-order valence-corrected chi connectivity index (χ4v) is 3.16. The van der Waals surface area contributed by atoms with Crippen molar-refractivity contribution in [1.82, 2.24) is 15.3 Å². The molecular weight excluding hydrogens is 356 g/mol. The molecule has 2 heterocycles. The number of hydrogen-bond acceptors (Lipinski definition) is 6. The van der Waals surface area contributed by atoms with E-state index in [0.717, 1.165) is 25.2 Å². The zero-order chi connectivity index (χ0) is 19.6. The van der Waals surface area contributed by atoms with Gasteiger partial charge in [0.25, 0.3) is 0 Å². The van der Waals surface area contributed by atoms with Gasteiger partial charge in [0.1, 0.15) is 17.1 Å². The average Bonchev–Trinajstić information content (AvgIpc) is 2.64. The van der Waals surface area contributed by atoms with Gasteiger partial charge in [0, 0.05) is 12.8 Å². The first-order valence-corrected chi connectivity index (χ1v) is 8.65. The van der Waals surface area contributed by atoms with Crippen LogP contribution in [0.3, 0.4) is 0 Å². The first-order chi connectivity index (χ1) is 12.9. The van der Waals surface area contributed by atoms with Crippen LogP contribution in [0.5, 0.6) is 5.75 Å². The van der Waals surface area contributed by atoms with Gasteiger partial charge in [-0.15, -0.1) is 0 Å². The average molecular weight is 375 g/mol. The van der Waals surface area contributed by atoms with Gasteiger partial charge in [0.05, 0.1) is 5.69 Å². The molecule has 1 fully saturated rings. The Kier molecular flexibility index (Phi) is 5.55. The summed E-state index contributed by atoms with van der Waals surface area (Å²) in [6.07, 6.45) is 1.42. The highest BCUT2D eigenvalue weighted by atomic mass is 19.1. The standard InChI is InChI=1S/C19H19F2N3O3/c1-10(25)16-15(19(26)27-18-13(20)4-3-5-14(18)21)17(24-11(2)23-16)12-6-8-22-9-7-12/h3-5,12,22H,6-9H2,1-2H3. The zero-order valence-corrected chi connectivity index (χ0v) is 15.0. The fraction of sp³-hybridized carbons (Fsp3) is 0.368. The highest BCUT2D eigenvalue weighted by Gasteiger charge is 2.30. The molecule has 0 bridgehead atoms. The third-order valence-corrected chi connectivity index (χ3v) is 4.43. The van der Waals surface area contributed by atoms with Crippen LogP contribution in [0, 0.1) is 18.6 Å². The number of nitrogens with one attached hydrogen (secondary N) is 1. The fourth-order valence-electron chi connectivity index (χ4n) is 3.16. The molecule has 0 saturated carbocycles. The Morgan fingerprint density at radius 3 is 2.37 bits per heavy atom. The maximum Gasteiger partial charge on any atom is 0.347 e. The van der Waals surface area contributed by atoms with E-state index >= 15 is 0 Å². The van der Waals surface area contributed by atoms with Crippen LogP contribution < -0.4 is 10.1 Å². The summed E-state index contributed by atoms with van der Waals surface area (Å²) in [4.78, 5) is 33.3. The lowest BCUT2D eigenvalue weighted by Gasteiger charge is -2.24. The van der Waals surface area contributed by atoms with E-state index in [1.165, 1.54) is 13.0 Å². The molecule has 1 saturated heterocycles. The van der Waals surface area contributed by atoms with Gasteiger partial charge in [0.15, 0.2) is 17.4 Å². The Labute approximate surface area is 155 Å². The molecule has 0 spiro atoms. The van der Waals surface area contributed by atoms with E-state index in [-0.39, 0.29) is 17.2 Å². The largest absolute Gasteiger partial charge is 0.417 e. The lowest BCUT2D eigenvalue weighted by molar-refractivity contribution is 0.0711. The van der Waals surface area contributed by atoms with Crippen molar-refractivity contribution in [1.29, 1.82) is 0 Å². The van der Waals surface area contributed by atoms with Crippen molar-refractivity contribution in [3.8, 4) is 5.75 Å². The summed E-state index contributed by atoms with van der Waals surface area (Å²) >= 11 is 0. The quantitative estimate of drug-likeness (QED) is 0.503. The lowest BCUT2D eigenvalue weighted by Crippen LogP contribution is -2.30. The van der Waals surface area contributed by atoms with Crippen LogP contribution in [0.25, 0.3) is 0 Å². The Morgan fingerprint density at radius 2 is 1.78 bits per heavy atom. The number of aromatic nitrogens is 2. The van der Waals surface area contributed by atoms with Gasteiger partial charge in [-0.1, -0.05) is 6.07 Å². The summed E-state index contributed by atoms with van der Waals surface area (Å²) in [7, 11) is 0. The number of carbonyl (C=O) groups is 2. The number of rotatable bonds is 4. The molecule has 6 nitrogen and oxygen atoms in total. The van der Waals surface area contributed by atoms with Crippen molar-refractivity contribution >= 4 is 11.8 Å². The lowest BCUT2D eigenvalue weighted by atomic mass is 9.90. The highest BCUT2D eigenvalue weighted by Crippen LogP contribution is 2.30. The van der Waals surface area contributed by atoms with Crippen LogP contribution in [0.15, 0.2) is 18.2 Å². The van der Waals surface area contributed by atoms with Gasteiger partial charge in [0.2, 0.25) is 5.75 Å². The molecule has 1 N–H and O–H groups in total. The minimum absolute atomic E-state index is 0.0842. The van der Waals surface area contributed by atoms with E-state index in [4.69, 9.17) is 4.74 Å². The summed E-state index contributed by atoms with van der Waals surface area (Å²) in [6, 6.07) is 3.13. The van der Waals surface area contributed by atoms with Crippen molar-refractivity contribution in [3.05, 3.63) is 52.6 Å². The number of piperidine rings is 1. The Bertz CT molecular complexity index is 876. The summed E-state index contributed by atoms with van der Waals surface area (Å²) in [5.74, 6) is -4.06. The van der Waals surface area contributed by atoms with Crippen molar-refractivity contribution in [2.75, 3.05) is 13.1 Å². The maximum absolute atomic E-state index is 13.9. The van der Waals surface area contributed by atoms with Crippen molar-refractivity contribution in [3.63, 3.8) is 0 Å². The number of nitrogens with zero attached hydrogens (tertiary/aromatic N) is 2. The van der Waals surface area contributed by atoms with E-state index in [2.05, 4.69) is 15.3 Å². The smallest absolute Gasteiger partial charge is 0.347 e. The Balaban J connectivity index is 2.08. The SMILES string of the molecule is CC(=O)c1nc(C)nc(C2CCNCC2)c1C(=O)Oc1c(F)cccc1F. The first kappa shape index (κ1) is 19.0. The van der Waals surface area contributed by atoms with Gasteiger partial charge < -0.3 is 10.1 Å². The topological polar surface area (TPSA) is 81.2 Å². The Hall–Kier alpha value is -2.74. The van der Waals surface area contributed by atoms with Crippen LogP contribution in [0.2, 0.25) is 0 Å². The van der Waals surface area contributed by atoms with E-state index in [0.29, 0.717) is 24.4 Å². The number of ether oxygens (including phenoxy) is 1. The van der Waals surface area contributed by atoms with Gasteiger partial charge in [-0.3, -0.25) is 4.79 Å². The van der Waals surface area contributed by atoms with Crippen molar-refractivity contribution in [2.45, 2.75) is 32.6 Å². The van der Waals surface area contributed by atoms with Gasteiger partial charge >= 0.3 is 5.97 Å². The summed E-state index contributed by atoms with van der Waals surface area (Å²) in [5, 5.41) is 3.21. The molecule has 0 amide bonds. The van der Waals surface area contributed by atoms with Gasteiger partial charge in [-0.05, 0) is 45.0 Å². The number of esters is 1. The molecule has 0 aliphatic carbocycles. The normalized spacial score (nSPS) is 14.8. The highest BCUT2D eigenvalue weighted by molar-refractivity contribution is 6.05. The molecule has 1 aromatic heterocycles. The van der Waals surface area contributed by atoms with Crippen LogP contribution in [0.4, 0.5) is 8.78 Å². The second-order valence-electron chi connectivity index (χ2n) is 6.40. The van der Waals surface area contributed by atoms with E-state index in [1.54, 1.807) is 6.92 Å². The van der Waals surface area contributed by atoms with Crippen LogP contribution in [-0.4, -0.2) is 34.8 Å². The molecule has 0 radical (unpaired) electrons. The van der Waals surface area contributed by atoms with Gasteiger partial charge in [-0.2, -0.15) is 0 Å². The molecule has 8 heteroatoms. The summed E-state index contributed by atoms with van der Waals surface area (Å²) in [6.45, 7) is 4.37. The number of benzene rings is 1. The predicted molar refractivity (Wildman–Crippen MR) is 92.9 cm³/mol. The maximum atomic E-state index is 13.9. The van der Waals surface area contributed by atoms with E-state index < -0.39 is 29.1 Å². The summed E-state index contributed by atoms with van der Waals surface area (Å²) in [5.41, 5.74) is 0.163. The number of hydrogen-bond donors (Lipinski definition) is 1. The molecule has 142 valence electrons. The second-order valence-corrected chi connectivity index (χ2v) is 6.40. The van der Waals surface area contributed by atoms with Crippen LogP contribution in [-0.2, 0) is 0 Å². The van der Waals surface area contributed by atoms with Gasteiger partial charge in [-0.25, -0.2) is 23.5 Å². The number of Topliss-reactive ketones (excluding diaryl/α,β-unsaturated/α-hetero) is 1. The minimum atomic E-state index is -1.04. The third-order valence-electron chi connectivity index (χ3n) is 4.43. The predicted octanol–water partition coefficient (Wildman–Crippen LogP) is 2.95. The number of ketones is 1. The number of aryl methyl sites for hydroxylation is 1. The monoisotopic (exact) mass is 375 g/mol. The van der Waals surface area contributed by atoms with Crippen molar-refractivity contribution < 1.29 is 23.1 Å².